The minimum Gasteiger partial charge on any atom is -0.460 e. The van der Waals surface area contributed by atoms with Gasteiger partial charge in [0, 0.05) is 7.05 Å². The van der Waals surface area contributed by atoms with Crippen LogP contribution in [0.15, 0.2) is 29.3 Å². The Labute approximate surface area is 116 Å². The minimum atomic E-state index is -0.952. The zero-order chi connectivity index (χ0) is 14.7. The highest BCUT2D eigenvalue weighted by molar-refractivity contribution is 6.64. The van der Waals surface area contributed by atoms with Gasteiger partial charge in [0.1, 0.15) is 5.71 Å². The first-order chi connectivity index (χ1) is 9.54. The second kappa shape index (κ2) is 5.64. The highest BCUT2D eigenvalue weighted by Crippen LogP contribution is 2.23. The zero-order valence-corrected chi connectivity index (χ0v) is 11.3. The molecule has 0 N–H and O–H groups in total. The SMILES string of the molecule is CCOC(=O)C(=O)C1=Nc2ccccc2C(=O)N(C)C1. The Morgan fingerprint density at radius 1 is 1.35 bits per heavy atom. The first-order valence-corrected chi connectivity index (χ1v) is 6.18. The molecule has 1 amide bonds. The highest BCUT2D eigenvalue weighted by atomic mass is 16.5. The molecule has 1 aromatic rings. The third-order valence-corrected chi connectivity index (χ3v) is 2.85. The maximum Gasteiger partial charge on any atom is 0.381 e. The topological polar surface area (TPSA) is 76.0 Å². The van der Waals surface area contributed by atoms with Gasteiger partial charge in [-0.2, -0.15) is 0 Å². The third-order valence-electron chi connectivity index (χ3n) is 2.85. The van der Waals surface area contributed by atoms with Crippen LogP contribution in [0.3, 0.4) is 0 Å². The second-order valence-electron chi connectivity index (χ2n) is 4.29. The first kappa shape index (κ1) is 13.9. The van der Waals surface area contributed by atoms with Crippen molar-refractivity contribution in [1.29, 1.82) is 0 Å². The van der Waals surface area contributed by atoms with E-state index >= 15 is 0 Å². The molecule has 1 aliphatic heterocycles. The normalized spacial score (nSPS) is 14.2. The fraction of sp³-hybridized carbons (Fsp3) is 0.286. The van der Waals surface area contributed by atoms with Crippen LogP contribution in [-0.4, -0.2) is 48.5 Å². The molecule has 1 heterocycles. The van der Waals surface area contributed by atoms with Gasteiger partial charge in [0.15, 0.2) is 0 Å². The molecular formula is C14H14N2O4. The van der Waals surface area contributed by atoms with Crippen LogP contribution in [0.4, 0.5) is 5.69 Å². The molecule has 0 radical (unpaired) electrons. The number of aliphatic imine (C=N–C) groups is 1. The van der Waals surface area contributed by atoms with Gasteiger partial charge in [0.2, 0.25) is 0 Å². The lowest BCUT2D eigenvalue weighted by Gasteiger charge is -2.14. The number of fused-ring (bicyclic) bond motifs is 1. The Balaban J connectivity index is 2.41. The van der Waals surface area contributed by atoms with Crippen molar-refractivity contribution < 1.29 is 19.1 Å². The Bertz CT molecular complexity index is 607. The number of rotatable bonds is 3. The Kier molecular flexibility index (Phi) is 3.93. The van der Waals surface area contributed by atoms with E-state index in [1.165, 1.54) is 4.90 Å². The van der Waals surface area contributed by atoms with Gasteiger partial charge in [0.05, 0.1) is 24.4 Å². The molecule has 20 heavy (non-hydrogen) atoms. The summed E-state index contributed by atoms with van der Waals surface area (Å²) in [6.45, 7) is 1.71. The van der Waals surface area contributed by atoms with Gasteiger partial charge in [0.25, 0.3) is 11.7 Å². The van der Waals surface area contributed by atoms with E-state index in [1.807, 2.05) is 0 Å². The fourth-order valence-corrected chi connectivity index (χ4v) is 1.87. The van der Waals surface area contributed by atoms with Crippen LogP contribution in [-0.2, 0) is 14.3 Å². The number of amides is 1. The third kappa shape index (κ3) is 2.59. The number of ketones is 1. The molecule has 0 aromatic heterocycles. The van der Waals surface area contributed by atoms with Crippen molar-refractivity contribution in [3.63, 3.8) is 0 Å². The minimum absolute atomic E-state index is 0.00394. The van der Waals surface area contributed by atoms with E-state index in [2.05, 4.69) is 9.73 Å². The standard InChI is InChI=1S/C14H14N2O4/c1-3-20-14(19)12(17)11-8-16(2)13(18)9-6-4-5-7-10(9)15-11/h4-7H,3,8H2,1-2H3. The van der Waals surface area contributed by atoms with E-state index in [0.717, 1.165) is 0 Å². The summed E-state index contributed by atoms with van der Waals surface area (Å²) in [5.74, 6) is -2.01. The molecule has 0 saturated heterocycles. The molecule has 1 aromatic carbocycles. The number of ether oxygens (including phenoxy) is 1. The van der Waals surface area contributed by atoms with Crippen molar-refractivity contribution in [2.75, 3.05) is 20.2 Å². The molecular weight excluding hydrogens is 260 g/mol. The number of hydrogen-bond donors (Lipinski definition) is 0. The zero-order valence-electron chi connectivity index (χ0n) is 11.3. The van der Waals surface area contributed by atoms with Crippen molar-refractivity contribution >= 4 is 29.1 Å². The van der Waals surface area contributed by atoms with E-state index in [4.69, 9.17) is 0 Å². The second-order valence-corrected chi connectivity index (χ2v) is 4.29. The van der Waals surface area contributed by atoms with Crippen LogP contribution >= 0.6 is 0 Å². The molecule has 2 rings (SSSR count). The number of benzene rings is 1. The van der Waals surface area contributed by atoms with Crippen molar-refractivity contribution in [1.82, 2.24) is 4.90 Å². The lowest BCUT2D eigenvalue weighted by Crippen LogP contribution is -2.36. The number of Topliss-reactive ketones (excluding diaryl/α,β-unsaturated/α-hetero) is 1. The van der Waals surface area contributed by atoms with Crippen LogP contribution in [0.1, 0.15) is 17.3 Å². The Morgan fingerprint density at radius 3 is 2.75 bits per heavy atom. The lowest BCUT2D eigenvalue weighted by atomic mass is 10.1. The summed E-state index contributed by atoms with van der Waals surface area (Å²) >= 11 is 0. The van der Waals surface area contributed by atoms with E-state index in [9.17, 15) is 14.4 Å². The molecule has 1 aliphatic rings. The summed E-state index contributed by atoms with van der Waals surface area (Å²) in [6.07, 6.45) is 0. The fourth-order valence-electron chi connectivity index (χ4n) is 1.87. The van der Waals surface area contributed by atoms with E-state index in [1.54, 1.807) is 38.2 Å². The predicted octanol–water partition coefficient (Wildman–Crippen LogP) is 0.977. The summed E-state index contributed by atoms with van der Waals surface area (Å²) in [6, 6.07) is 6.70. The van der Waals surface area contributed by atoms with E-state index < -0.39 is 11.8 Å². The molecule has 104 valence electrons. The molecule has 0 unspecified atom stereocenters. The number of carbonyl (C=O) groups excluding carboxylic acids is 3. The number of para-hydroxylation sites is 1. The van der Waals surface area contributed by atoms with Crippen molar-refractivity contribution in [2.45, 2.75) is 6.92 Å². The average Bonchev–Trinajstić information content (AvgIpc) is 2.57. The largest absolute Gasteiger partial charge is 0.460 e. The molecule has 0 spiro atoms. The molecule has 0 saturated carbocycles. The molecule has 0 bridgehead atoms. The van der Waals surface area contributed by atoms with Crippen molar-refractivity contribution in [3.05, 3.63) is 29.8 Å². The Hall–Kier alpha value is -2.50. The lowest BCUT2D eigenvalue weighted by molar-refractivity contribution is -0.150. The van der Waals surface area contributed by atoms with Gasteiger partial charge in [-0.3, -0.25) is 9.59 Å². The van der Waals surface area contributed by atoms with Crippen LogP contribution in [0.5, 0.6) is 0 Å². The van der Waals surface area contributed by atoms with Crippen LogP contribution in [0.2, 0.25) is 0 Å². The highest BCUT2D eigenvalue weighted by Gasteiger charge is 2.28. The predicted molar refractivity (Wildman–Crippen MR) is 72.1 cm³/mol. The van der Waals surface area contributed by atoms with E-state index in [-0.39, 0.29) is 24.8 Å². The quantitative estimate of drug-likeness (QED) is 0.608. The maximum absolute atomic E-state index is 12.1. The van der Waals surface area contributed by atoms with Crippen molar-refractivity contribution in [2.24, 2.45) is 4.99 Å². The number of carbonyl (C=O) groups is 3. The first-order valence-electron chi connectivity index (χ1n) is 6.18. The molecule has 0 aliphatic carbocycles. The van der Waals surface area contributed by atoms with Gasteiger partial charge >= 0.3 is 5.97 Å². The van der Waals surface area contributed by atoms with Gasteiger partial charge in [-0.05, 0) is 19.1 Å². The summed E-state index contributed by atoms with van der Waals surface area (Å²) in [5, 5.41) is 0. The number of esters is 1. The van der Waals surface area contributed by atoms with Crippen molar-refractivity contribution in [3.8, 4) is 0 Å². The van der Waals surface area contributed by atoms with Gasteiger partial charge in [-0.15, -0.1) is 0 Å². The average molecular weight is 274 g/mol. The molecule has 0 fully saturated rings. The summed E-state index contributed by atoms with van der Waals surface area (Å²) in [7, 11) is 1.55. The number of nitrogens with zero attached hydrogens (tertiary/aromatic N) is 2. The summed E-state index contributed by atoms with van der Waals surface area (Å²) < 4.78 is 4.68. The van der Waals surface area contributed by atoms with Gasteiger partial charge < -0.3 is 9.64 Å². The van der Waals surface area contributed by atoms with Gasteiger partial charge in [-0.1, -0.05) is 12.1 Å². The van der Waals surface area contributed by atoms with E-state index in [0.29, 0.717) is 11.3 Å². The molecule has 6 nitrogen and oxygen atoms in total. The Morgan fingerprint density at radius 2 is 2.05 bits per heavy atom. The smallest absolute Gasteiger partial charge is 0.381 e. The molecule has 6 heteroatoms. The van der Waals surface area contributed by atoms with Crippen LogP contribution in [0.25, 0.3) is 0 Å². The van der Waals surface area contributed by atoms with Gasteiger partial charge in [-0.25, -0.2) is 9.79 Å². The molecule has 0 atom stereocenters. The number of hydrogen-bond acceptors (Lipinski definition) is 5. The summed E-state index contributed by atoms with van der Waals surface area (Å²) in [4.78, 5) is 41.1. The van der Waals surface area contributed by atoms with Crippen LogP contribution in [0, 0.1) is 0 Å². The monoisotopic (exact) mass is 274 g/mol. The summed E-state index contributed by atoms with van der Waals surface area (Å²) in [5.41, 5.74) is 0.792. The maximum atomic E-state index is 12.1. The van der Waals surface area contributed by atoms with Crippen LogP contribution < -0.4 is 0 Å².